The van der Waals surface area contributed by atoms with E-state index in [2.05, 4.69) is 52.6 Å². The second kappa shape index (κ2) is 11.0. The highest BCUT2D eigenvalue weighted by Crippen LogP contribution is 2.22. The number of hydrogen-bond acceptors (Lipinski definition) is 4. The van der Waals surface area contributed by atoms with Crippen molar-refractivity contribution in [3.63, 3.8) is 0 Å². The van der Waals surface area contributed by atoms with E-state index in [0.29, 0.717) is 18.8 Å². The van der Waals surface area contributed by atoms with Gasteiger partial charge in [-0.15, -0.1) is 0 Å². The van der Waals surface area contributed by atoms with Gasteiger partial charge >= 0.3 is 5.97 Å². The molecule has 0 heterocycles. The standard InChI is InChI=1S/C22H26Br2O4/c1-4-22(2,3)15-28-20(13-26-19-8-6-5-7-9-19)14-27-21(25)16-10-17(23)12-18(24)11-16/h5-12,20H,4,13-15H2,1-3H3. The fourth-order valence-corrected chi connectivity index (χ4v) is 3.51. The van der Waals surface area contributed by atoms with Crippen molar-refractivity contribution in [3.8, 4) is 5.75 Å². The van der Waals surface area contributed by atoms with Crippen LogP contribution in [0.2, 0.25) is 0 Å². The van der Waals surface area contributed by atoms with Crippen molar-refractivity contribution in [2.24, 2.45) is 5.41 Å². The van der Waals surface area contributed by atoms with Crippen LogP contribution in [-0.4, -0.2) is 31.9 Å². The van der Waals surface area contributed by atoms with Gasteiger partial charge in [0, 0.05) is 8.95 Å². The van der Waals surface area contributed by atoms with E-state index in [1.54, 1.807) is 12.1 Å². The first-order valence-electron chi connectivity index (χ1n) is 9.22. The molecule has 0 aromatic heterocycles. The van der Waals surface area contributed by atoms with Crippen LogP contribution in [0.25, 0.3) is 0 Å². The van der Waals surface area contributed by atoms with Crippen LogP contribution in [0.3, 0.4) is 0 Å². The highest BCUT2D eigenvalue weighted by Gasteiger charge is 2.21. The Labute approximate surface area is 183 Å². The number of carbonyl (C=O) groups excluding carboxylic acids is 1. The van der Waals surface area contributed by atoms with Crippen molar-refractivity contribution >= 4 is 37.8 Å². The van der Waals surface area contributed by atoms with Gasteiger partial charge in [0.2, 0.25) is 0 Å². The van der Waals surface area contributed by atoms with Gasteiger partial charge in [-0.2, -0.15) is 0 Å². The number of halogens is 2. The van der Waals surface area contributed by atoms with Gasteiger partial charge in [-0.25, -0.2) is 4.79 Å². The molecule has 0 amide bonds. The molecule has 2 rings (SSSR count). The van der Waals surface area contributed by atoms with E-state index in [9.17, 15) is 4.79 Å². The van der Waals surface area contributed by atoms with Crippen LogP contribution in [0, 0.1) is 5.41 Å². The number of benzene rings is 2. The molecule has 2 aromatic rings. The van der Waals surface area contributed by atoms with Gasteiger partial charge in [0.25, 0.3) is 0 Å². The molecule has 0 aliphatic heterocycles. The van der Waals surface area contributed by atoms with Crippen molar-refractivity contribution in [3.05, 3.63) is 63.0 Å². The smallest absolute Gasteiger partial charge is 0.338 e. The summed E-state index contributed by atoms with van der Waals surface area (Å²) < 4.78 is 19.0. The lowest BCUT2D eigenvalue weighted by molar-refractivity contribution is -0.0520. The second-order valence-electron chi connectivity index (χ2n) is 7.33. The summed E-state index contributed by atoms with van der Waals surface area (Å²) in [5, 5.41) is 0. The third-order valence-electron chi connectivity index (χ3n) is 4.34. The summed E-state index contributed by atoms with van der Waals surface area (Å²) in [5.74, 6) is 0.359. The number of para-hydroxylation sites is 1. The summed E-state index contributed by atoms with van der Waals surface area (Å²) in [6.45, 7) is 7.41. The first-order chi connectivity index (χ1) is 13.3. The Morgan fingerprint density at radius 3 is 2.29 bits per heavy atom. The van der Waals surface area contributed by atoms with Gasteiger partial charge in [-0.1, -0.05) is 70.8 Å². The minimum atomic E-state index is -0.398. The SMILES string of the molecule is CCC(C)(C)COC(COC(=O)c1cc(Br)cc(Br)c1)COc1ccccc1. The van der Waals surface area contributed by atoms with Crippen LogP contribution in [-0.2, 0) is 9.47 Å². The predicted octanol–water partition coefficient (Wildman–Crippen LogP) is 6.27. The Morgan fingerprint density at radius 1 is 1.04 bits per heavy atom. The van der Waals surface area contributed by atoms with Gasteiger partial charge in [-0.3, -0.25) is 0 Å². The number of esters is 1. The number of rotatable bonds is 10. The molecule has 4 nitrogen and oxygen atoms in total. The third kappa shape index (κ3) is 7.94. The maximum absolute atomic E-state index is 12.4. The highest BCUT2D eigenvalue weighted by molar-refractivity contribution is 9.11. The topological polar surface area (TPSA) is 44.8 Å². The average Bonchev–Trinajstić information content (AvgIpc) is 2.67. The summed E-state index contributed by atoms with van der Waals surface area (Å²) in [7, 11) is 0. The largest absolute Gasteiger partial charge is 0.491 e. The molecular formula is C22H26Br2O4. The summed E-state index contributed by atoms with van der Waals surface area (Å²) in [4.78, 5) is 12.4. The zero-order valence-electron chi connectivity index (χ0n) is 16.4. The monoisotopic (exact) mass is 512 g/mol. The summed E-state index contributed by atoms with van der Waals surface area (Å²) in [6, 6.07) is 14.8. The zero-order chi connectivity index (χ0) is 20.6. The molecule has 0 fully saturated rings. The highest BCUT2D eigenvalue weighted by atomic mass is 79.9. The molecule has 2 aromatic carbocycles. The van der Waals surface area contributed by atoms with Crippen LogP contribution in [0.5, 0.6) is 5.75 Å². The molecule has 1 atom stereocenters. The molecule has 0 N–H and O–H groups in total. The minimum Gasteiger partial charge on any atom is -0.491 e. The number of ether oxygens (including phenoxy) is 3. The summed E-state index contributed by atoms with van der Waals surface area (Å²) in [6.07, 6.45) is 0.635. The average molecular weight is 514 g/mol. The third-order valence-corrected chi connectivity index (χ3v) is 5.26. The Balaban J connectivity index is 1.97. The van der Waals surface area contributed by atoms with Gasteiger partial charge < -0.3 is 14.2 Å². The van der Waals surface area contributed by atoms with E-state index in [0.717, 1.165) is 21.1 Å². The molecule has 6 heteroatoms. The van der Waals surface area contributed by atoms with Gasteiger partial charge in [0.15, 0.2) is 0 Å². The van der Waals surface area contributed by atoms with Crippen molar-refractivity contribution in [2.45, 2.75) is 33.3 Å². The summed E-state index contributed by atoms with van der Waals surface area (Å²) in [5.41, 5.74) is 0.516. The van der Waals surface area contributed by atoms with E-state index in [-0.39, 0.29) is 18.1 Å². The Morgan fingerprint density at radius 2 is 1.68 bits per heavy atom. The first-order valence-corrected chi connectivity index (χ1v) is 10.8. The molecule has 0 aliphatic rings. The van der Waals surface area contributed by atoms with Crippen molar-refractivity contribution in [1.29, 1.82) is 0 Å². The van der Waals surface area contributed by atoms with Crippen LogP contribution < -0.4 is 4.74 Å². The Kier molecular flexibility index (Phi) is 8.99. The predicted molar refractivity (Wildman–Crippen MR) is 118 cm³/mol. The van der Waals surface area contributed by atoms with Crippen molar-refractivity contribution in [2.75, 3.05) is 19.8 Å². The Bertz CT molecular complexity index is 742. The fraction of sp³-hybridized carbons (Fsp3) is 0.409. The van der Waals surface area contributed by atoms with E-state index in [1.807, 2.05) is 36.4 Å². The van der Waals surface area contributed by atoms with Gasteiger partial charge in [-0.05, 0) is 42.2 Å². The number of hydrogen-bond donors (Lipinski definition) is 0. The summed E-state index contributed by atoms with van der Waals surface area (Å²) >= 11 is 6.77. The van der Waals surface area contributed by atoms with Crippen molar-refractivity contribution < 1.29 is 19.0 Å². The van der Waals surface area contributed by atoms with E-state index in [4.69, 9.17) is 14.2 Å². The molecule has 0 bridgehead atoms. The lowest BCUT2D eigenvalue weighted by atomic mass is 9.92. The number of carbonyl (C=O) groups is 1. The van der Waals surface area contributed by atoms with Crippen LogP contribution in [0.4, 0.5) is 0 Å². The van der Waals surface area contributed by atoms with Crippen molar-refractivity contribution in [1.82, 2.24) is 0 Å². The Hall–Kier alpha value is -1.37. The molecule has 1 unspecified atom stereocenters. The van der Waals surface area contributed by atoms with Crippen LogP contribution in [0.15, 0.2) is 57.5 Å². The molecule has 0 radical (unpaired) electrons. The first kappa shape index (κ1) is 22.9. The maximum Gasteiger partial charge on any atom is 0.338 e. The second-order valence-corrected chi connectivity index (χ2v) is 9.16. The quantitative estimate of drug-likeness (QED) is 0.351. The van der Waals surface area contributed by atoms with Crippen LogP contribution in [0.1, 0.15) is 37.6 Å². The van der Waals surface area contributed by atoms with Gasteiger partial charge in [0.1, 0.15) is 25.1 Å². The lowest BCUT2D eigenvalue weighted by Crippen LogP contribution is -2.32. The van der Waals surface area contributed by atoms with Crippen LogP contribution >= 0.6 is 31.9 Å². The zero-order valence-corrected chi connectivity index (χ0v) is 19.6. The normalized spacial score (nSPS) is 12.5. The van der Waals surface area contributed by atoms with Gasteiger partial charge in [0.05, 0.1) is 12.2 Å². The fourth-order valence-electron chi connectivity index (χ4n) is 2.22. The molecular weight excluding hydrogens is 488 g/mol. The lowest BCUT2D eigenvalue weighted by Gasteiger charge is -2.26. The molecule has 0 aliphatic carbocycles. The van der Waals surface area contributed by atoms with E-state index in [1.165, 1.54) is 0 Å². The molecule has 0 spiro atoms. The van der Waals surface area contributed by atoms with E-state index < -0.39 is 5.97 Å². The molecule has 152 valence electrons. The maximum atomic E-state index is 12.4. The molecule has 28 heavy (non-hydrogen) atoms. The minimum absolute atomic E-state index is 0.0458. The van der Waals surface area contributed by atoms with E-state index >= 15 is 0 Å². The molecule has 0 saturated carbocycles. The molecule has 0 saturated heterocycles.